The summed E-state index contributed by atoms with van der Waals surface area (Å²) in [4.78, 5) is 23.4. The van der Waals surface area contributed by atoms with E-state index in [-0.39, 0.29) is 24.3 Å². The van der Waals surface area contributed by atoms with Crippen LogP contribution in [0.5, 0.6) is 0 Å². The molecule has 0 radical (unpaired) electrons. The molecular weight excluding hydrogens is 382 g/mol. The summed E-state index contributed by atoms with van der Waals surface area (Å²) in [5.74, 6) is 0. The molecule has 0 saturated heterocycles. The first-order chi connectivity index (χ1) is 13.8. The first-order valence-electron chi connectivity index (χ1n) is 11.5. The minimum absolute atomic E-state index is 0.0867. The average Bonchev–Trinajstić information content (AvgIpc) is 2.52. The van der Waals surface area contributed by atoms with Crippen molar-refractivity contribution in [2.75, 3.05) is 13.1 Å². The van der Waals surface area contributed by atoms with Crippen molar-refractivity contribution in [3.8, 4) is 0 Å². The molecule has 178 valence electrons. The molecule has 0 aromatic heterocycles. The first-order valence-corrected chi connectivity index (χ1v) is 11.5. The van der Waals surface area contributed by atoms with Crippen LogP contribution in [0.3, 0.4) is 0 Å². The normalized spacial score (nSPS) is 14.0. The molecule has 0 fully saturated rings. The van der Waals surface area contributed by atoms with Gasteiger partial charge in [-0.15, -0.1) is 0 Å². The quantitative estimate of drug-likeness (QED) is 0.353. The molecule has 0 aliphatic heterocycles. The summed E-state index contributed by atoms with van der Waals surface area (Å²) in [6.45, 7) is 17.1. The van der Waals surface area contributed by atoms with E-state index in [2.05, 4.69) is 16.0 Å². The van der Waals surface area contributed by atoms with Crippen molar-refractivity contribution in [3.63, 3.8) is 0 Å². The molecule has 0 bridgehead atoms. The van der Waals surface area contributed by atoms with Crippen molar-refractivity contribution in [1.29, 1.82) is 0 Å². The fourth-order valence-electron chi connectivity index (χ4n) is 2.84. The van der Waals surface area contributed by atoms with Gasteiger partial charge in [0.25, 0.3) is 0 Å². The maximum atomic E-state index is 11.7. The minimum Gasteiger partial charge on any atom is -0.444 e. The Morgan fingerprint density at radius 3 is 1.60 bits per heavy atom. The van der Waals surface area contributed by atoms with Crippen molar-refractivity contribution in [2.24, 2.45) is 0 Å². The molecule has 0 rings (SSSR count). The van der Waals surface area contributed by atoms with Crippen molar-refractivity contribution in [2.45, 2.75) is 124 Å². The van der Waals surface area contributed by atoms with E-state index in [1.54, 1.807) is 0 Å². The number of hydrogen-bond acceptors (Lipinski definition) is 5. The number of nitrogens with one attached hydrogen (secondary N) is 3. The van der Waals surface area contributed by atoms with Gasteiger partial charge in [0, 0.05) is 12.1 Å². The second-order valence-corrected chi connectivity index (χ2v) is 10.2. The van der Waals surface area contributed by atoms with Gasteiger partial charge in [-0.05, 0) is 87.7 Å². The fraction of sp³-hybridized carbons (Fsp3) is 0.913. The second kappa shape index (κ2) is 14.5. The zero-order valence-corrected chi connectivity index (χ0v) is 20.7. The third-order valence-corrected chi connectivity index (χ3v) is 4.27. The number of unbranched alkanes of at least 4 members (excludes halogenated alkanes) is 4. The molecule has 0 aromatic carbocycles. The highest BCUT2D eigenvalue weighted by Gasteiger charge is 2.18. The molecule has 0 heterocycles. The monoisotopic (exact) mass is 429 g/mol. The number of hydrogen-bond donors (Lipinski definition) is 3. The highest BCUT2D eigenvalue weighted by atomic mass is 16.6. The van der Waals surface area contributed by atoms with Crippen molar-refractivity contribution in [3.05, 3.63) is 0 Å². The third kappa shape index (κ3) is 19.8. The van der Waals surface area contributed by atoms with Crippen LogP contribution in [0.4, 0.5) is 9.59 Å². The number of carbonyl (C=O) groups excluding carboxylic acids is 2. The van der Waals surface area contributed by atoms with Crippen LogP contribution in [-0.4, -0.2) is 48.6 Å². The summed E-state index contributed by atoms with van der Waals surface area (Å²) in [6.07, 6.45) is 7.00. The predicted molar refractivity (Wildman–Crippen MR) is 123 cm³/mol. The highest BCUT2D eigenvalue weighted by molar-refractivity contribution is 5.68. The Bertz CT molecular complexity index is 440. The van der Waals surface area contributed by atoms with Gasteiger partial charge in [-0.1, -0.05) is 25.7 Å². The SMILES string of the molecule is CC(CCCCCCCNCCC(C)NC(=O)OC(C)(C)C)NC(=O)OC(C)(C)C. The smallest absolute Gasteiger partial charge is 0.407 e. The van der Waals surface area contributed by atoms with E-state index in [0.717, 1.165) is 38.8 Å². The lowest BCUT2D eigenvalue weighted by molar-refractivity contribution is 0.0494. The number of amides is 2. The lowest BCUT2D eigenvalue weighted by Gasteiger charge is -2.22. The summed E-state index contributed by atoms with van der Waals surface area (Å²) in [7, 11) is 0. The van der Waals surface area contributed by atoms with Crippen molar-refractivity contribution >= 4 is 12.2 Å². The Labute approximate surface area is 184 Å². The summed E-state index contributed by atoms with van der Waals surface area (Å²) in [5, 5.41) is 9.18. The Kier molecular flexibility index (Phi) is 13.8. The van der Waals surface area contributed by atoms with Gasteiger partial charge >= 0.3 is 12.2 Å². The second-order valence-electron chi connectivity index (χ2n) is 10.2. The molecule has 0 aromatic rings. The molecule has 0 saturated carbocycles. The van der Waals surface area contributed by atoms with Crippen LogP contribution in [0.25, 0.3) is 0 Å². The molecule has 2 atom stereocenters. The van der Waals surface area contributed by atoms with E-state index in [9.17, 15) is 9.59 Å². The summed E-state index contributed by atoms with van der Waals surface area (Å²) in [5.41, 5.74) is -0.917. The van der Waals surface area contributed by atoms with Crippen LogP contribution in [0.1, 0.15) is 100 Å². The summed E-state index contributed by atoms with van der Waals surface area (Å²) >= 11 is 0. The van der Waals surface area contributed by atoms with Crippen LogP contribution in [0.15, 0.2) is 0 Å². The minimum atomic E-state index is -0.464. The van der Waals surface area contributed by atoms with Gasteiger partial charge in [0.1, 0.15) is 11.2 Å². The number of alkyl carbamates (subject to hydrolysis) is 2. The van der Waals surface area contributed by atoms with Crippen LogP contribution >= 0.6 is 0 Å². The van der Waals surface area contributed by atoms with Crippen LogP contribution in [0.2, 0.25) is 0 Å². The van der Waals surface area contributed by atoms with Crippen molar-refractivity contribution < 1.29 is 19.1 Å². The van der Waals surface area contributed by atoms with E-state index in [4.69, 9.17) is 9.47 Å². The van der Waals surface area contributed by atoms with Crippen LogP contribution in [0, 0.1) is 0 Å². The largest absolute Gasteiger partial charge is 0.444 e. The molecule has 0 aliphatic carbocycles. The van der Waals surface area contributed by atoms with Gasteiger partial charge in [0.2, 0.25) is 0 Å². The highest BCUT2D eigenvalue weighted by Crippen LogP contribution is 2.10. The average molecular weight is 430 g/mol. The van der Waals surface area contributed by atoms with Gasteiger partial charge in [-0.25, -0.2) is 9.59 Å². The Morgan fingerprint density at radius 1 is 0.667 bits per heavy atom. The number of carbonyl (C=O) groups is 2. The van der Waals surface area contributed by atoms with Gasteiger partial charge in [-0.2, -0.15) is 0 Å². The van der Waals surface area contributed by atoms with E-state index in [0.29, 0.717) is 0 Å². The maximum absolute atomic E-state index is 11.7. The molecule has 30 heavy (non-hydrogen) atoms. The summed E-state index contributed by atoms with van der Waals surface area (Å²) < 4.78 is 10.5. The van der Waals surface area contributed by atoms with E-state index >= 15 is 0 Å². The molecule has 2 amide bonds. The van der Waals surface area contributed by atoms with Gasteiger partial charge < -0.3 is 25.4 Å². The molecule has 7 heteroatoms. The van der Waals surface area contributed by atoms with Crippen molar-refractivity contribution in [1.82, 2.24) is 16.0 Å². The lowest BCUT2D eigenvalue weighted by Crippen LogP contribution is -2.39. The zero-order valence-electron chi connectivity index (χ0n) is 20.7. The first kappa shape index (κ1) is 28.5. The van der Waals surface area contributed by atoms with Gasteiger partial charge in [0.05, 0.1) is 0 Å². The van der Waals surface area contributed by atoms with E-state index in [1.165, 1.54) is 19.3 Å². The van der Waals surface area contributed by atoms with Gasteiger partial charge in [0.15, 0.2) is 0 Å². The van der Waals surface area contributed by atoms with E-state index in [1.807, 2.05) is 55.4 Å². The Balaban J connectivity index is 3.54. The summed E-state index contributed by atoms with van der Waals surface area (Å²) in [6, 6.07) is 0.224. The van der Waals surface area contributed by atoms with E-state index < -0.39 is 11.2 Å². The third-order valence-electron chi connectivity index (χ3n) is 4.27. The predicted octanol–water partition coefficient (Wildman–Crippen LogP) is 5.13. The Morgan fingerprint density at radius 2 is 1.10 bits per heavy atom. The molecule has 3 N–H and O–H groups in total. The zero-order chi connectivity index (χ0) is 23.2. The van der Waals surface area contributed by atoms with Gasteiger partial charge in [-0.3, -0.25) is 0 Å². The van der Waals surface area contributed by atoms with Crippen LogP contribution in [-0.2, 0) is 9.47 Å². The molecule has 0 aliphatic rings. The Hall–Kier alpha value is -1.50. The molecule has 0 spiro atoms. The number of rotatable bonds is 13. The molecule has 7 nitrogen and oxygen atoms in total. The lowest BCUT2D eigenvalue weighted by atomic mass is 10.1. The maximum Gasteiger partial charge on any atom is 0.407 e. The fourth-order valence-corrected chi connectivity index (χ4v) is 2.84. The topological polar surface area (TPSA) is 88.7 Å². The molecular formula is C23H47N3O4. The molecule has 2 unspecified atom stereocenters. The number of ether oxygens (including phenoxy) is 2. The van der Waals surface area contributed by atoms with Crippen LogP contribution < -0.4 is 16.0 Å². The standard InChI is InChI=1S/C23H47N3O4/c1-18(25-20(27)29-22(3,4)5)14-12-10-9-11-13-16-24-17-15-19(2)26-21(28)30-23(6,7)8/h18-19,24H,9-17H2,1-8H3,(H,25,27)(H,26,28).